The minimum atomic E-state index is 0.0794. The number of phenols is 1. The monoisotopic (exact) mass is 381 g/mol. The van der Waals surface area contributed by atoms with Gasteiger partial charge < -0.3 is 20.1 Å². The molecule has 0 radical (unpaired) electrons. The van der Waals surface area contributed by atoms with Crippen molar-refractivity contribution in [1.82, 2.24) is 10.2 Å². The van der Waals surface area contributed by atoms with Gasteiger partial charge in [-0.3, -0.25) is 4.99 Å². The molecule has 0 spiro atoms. The average molecular weight is 382 g/mol. The smallest absolute Gasteiger partial charge is 0.194 e. The fourth-order valence-corrected chi connectivity index (χ4v) is 3.53. The maximum Gasteiger partial charge on any atom is 0.194 e. The number of morpholine rings is 1. The Bertz CT molecular complexity index is 774. The minimum Gasteiger partial charge on any atom is -0.508 e. The van der Waals surface area contributed by atoms with Crippen molar-refractivity contribution in [2.75, 3.05) is 32.8 Å². The topological polar surface area (TPSA) is 57.1 Å². The fourth-order valence-electron chi connectivity index (χ4n) is 3.53. The minimum absolute atomic E-state index is 0.0794. The Kier molecular flexibility index (Phi) is 7.31. The molecule has 150 valence electrons. The summed E-state index contributed by atoms with van der Waals surface area (Å²) in [6, 6.07) is 15.9. The van der Waals surface area contributed by atoms with Crippen molar-refractivity contribution < 1.29 is 9.84 Å². The molecule has 3 rings (SSSR count). The summed E-state index contributed by atoms with van der Waals surface area (Å²) in [5.74, 6) is 1.28. The lowest BCUT2D eigenvalue weighted by molar-refractivity contribution is -0.00832. The molecule has 1 atom stereocenters. The van der Waals surface area contributed by atoms with Crippen LogP contribution in [0.25, 0.3) is 0 Å². The highest BCUT2D eigenvalue weighted by molar-refractivity contribution is 5.80. The third-order valence-corrected chi connectivity index (χ3v) is 5.06. The van der Waals surface area contributed by atoms with Crippen LogP contribution in [-0.2, 0) is 11.2 Å². The van der Waals surface area contributed by atoms with E-state index in [0.29, 0.717) is 12.4 Å². The van der Waals surface area contributed by atoms with E-state index in [0.717, 1.165) is 45.0 Å². The molecule has 0 aliphatic carbocycles. The largest absolute Gasteiger partial charge is 0.508 e. The van der Waals surface area contributed by atoms with Gasteiger partial charge in [-0.25, -0.2) is 0 Å². The summed E-state index contributed by atoms with van der Waals surface area (Å²) in [5, 5.41) is 12.8. The van der Waals surface area contributed by atoms with Gasteiger partial charge in [0.2, 0.25) is 0 Å². The number of nitrogens with zero attached hydrogens (tertiary/aromatic N) is 2. The van der Waals surface area contributed by atoms with Crippen molar-refractivity contribution in [3.63, 3.8) is 0 Å². The molecule has 1 aliphatic rings. The Morgan fingerprint density at radius 3 is 2.75 bits per heavy atom. The first kappa shape index (κ1) is 20.2. The zero-order chi connectivity index (χ0) is 19.8. The second-order valence-electron chi connectivity index (χ2n) is 7.17. The highest BCUT2D eigenvalue weighted by atomic mass is 16.5. The van der Waals surface area contributed by atoms with Crippen LogP contribution in [0.1, 0.15) is 36.1 Å². The van der Waals surface area contributed by atoms with Crippen LogP contribution in [0.4, 0.5) is 0 Å². The molecule has 0 bridgehead atoms. The van der Waals surface area contributed by atoms with E-state index < -0.39 is 0 Å². The van der Waals surface area contributed by atoms with E-state index >= 15 is 0 Å². The Labute approximate surface area is 168 Å². The lowest BCUT2D eigenvalue weighted by Crippen LogP contribution is -2.48. The van der Waals surface area contributed by atoms with Crippen LogP contribution in [0.15, 0.2) is 53.5 Å². The lowest BCUT2D eigenvalue weighted by atomic mass is 10.0. The molecule has 2 N–H and O–H groups in total. The average Bonchev–Trinajstić information content (AvgIpc) is 2.72. The number of rotatable bonds is 6. The molecule has 5 heteroatoms. The summed E-state index contributed by atoms with van der Waals surface area (Å²) in [6.45, 7) is 8.24. The van der Waals surface area contributed by atoms with Crippen molar-refractivity contribution in [1.29, 1.82) is 0 Å². The second kappa shape index (κ2) is 10.1. The number of phenolic OH excluding ortho intramolecular Hbond substituents is 1. The van der Waals surface area contributed by atoms with Gasteiger partial charge in [0.1, 0.15) is 11.9 Å². The lowest BCUT2D eigenvalue weighted by Gasteiger charge is -2.35. The van der Waals surface area contributed by atoms with Gasteiger partial charge in [0.05, 0.1) is 13.2 Å². The molecule has 1 heterocycles. The molecule has 2 aromatic rings. The molecule has 1 fully saturated rings. The summed E-state index contributed by atoms with van der Waals surface area (Å²) in [5.41, 5.74) is 3.75. The third-order valence-electron chi connectivity index (χ3n) is 5.06. The number of ether oxygens (including phenoxy) is 1. The molecule has 0 saturated carbocycles. The maximum atomic E-state index is 9.38. The number of hydrogen-bond donors (Lipinski definition) is 2. The van der Waals surface area contributed by atoms with Crippen molar-refractivity contribution in [2.45, 2.75) is 32.8 Å². The maximum absolute atomic E-state index is 9.38. The van der Waals surface area contributed by atoms with Crippen LogP contribution in [0, 0.1) is 6.92 Å². The fraction of sp³-hybridized carbons (Fsp3) is 0.435. The van der Waals surface area contributed by atoms with Gasteiger partial charge in [-0.2, -0.15) is 0 Å². The molecule has 28 heavy (non-hydrogen) atoms. The zero-order valence-corrected chi connectivity index (χ0v) is 16.9. The van der Waals surface area contributed by atoms with Gasteiger partial charge in [-0.05, 0) is 55.5 Å². The van der Waals surface area contributed by atoms with Crippen LogP contribution in [-0.4, -0.2) is 48.8 Å². The van der Waals surface area contributed by atoms with Gasteiger partial charge in [-0.15, -0.1) is 0 Å². The number of aliphatic imine (C=N–C) groups is 1. The number of benzene rings is 2. The molecule has 2 aromatic carbocycles. The quantitative estimate of drug-likeness (QED) is 0.455. The predicted molar refractivity (Wildman–Crippen MR) is 114 cm³/mol. The third kappa shape index (κ3) is 5.49. The standard InChI is InChI=1S/C23H31N3O2/c1-3-24-23(25-14-6-8-19-10-12-20(27)13-11-19)26-15-16-28-22(17-26)21-9-5-4-7-18(21)2/h4-5,7,9-13,22,27H,3,6,8,14-17H2,1-2H3,(H,24,25). The zero-order valence-electron chi connectivity index (χ0n) is 16.9. The van der Waals surface area contributed by atoms with Crippen molar-refractivity contribution in [2.24, 2.45) is 4.99 Å². The van der Waals surface area contributed by atoms with Gasteiger partial charge in [-0.1, -0.05) is 36.4 Å². The first-order chi connectivity index (χ1) is 13.7. The Morgan fingerprint density at radius 2 is 2.00 bits per heavy atom. The summed E-state index contributed by atoms with van der Waals surface area (Å²) >= 11 is 0. The first-order valence-electron chi connectivity index (χ1n) is 10.2. The van der Waals surface area contributed by atoms with Gasteiger partial charge in [0.25, 0.3) is 0 Å². The molecule has 0 aromatic heterocycles. The SMILES string of the molecule is CCNC(=NCCCc1ccc(O)cc1)N1CCOC(c2ccccc2C)C1. The summed E-state index contributed by atoms with van der Waals surface area (Å²) in [6.07, 6.45) is 2.01. The molecule has 0 amide bonds. The van der Waals surface area contributed by atoms with E-state index in [4.69, 9.17) is 9.73 Å². The Morgan fingerprint density at radius 1 is 1.21 bits per heavy atom. The molecule has 1 saturated heterocycles. The van der Waals surface area contributed by atoms with Gasteiger partial charge >= 0.3 is 0 Å². The van der Waals surface area contributed by atoms with Crippen LogP contribution >= 0.6 is 0 Å². The Balaban J connectivity index is 1.59. The number of aryl methyl sites for hydroxylation is 2. The van der Waals surface area contributed by atoms with E-state index in [9.17, 15) is 5.11 Å². The highest BCUT2D eigenvalue weighted by Gasteiger charge is 2.25. The van der Waals surface area contributed by atoms with E-state index in [1.807, 2.05) is 12.1 Å². The molecular weight excluding hydrogens is 350 g/mol. The van der Waals surface area contributed by atoms with E-state index in [1.165, 1.54) is 16.7 Å². The number of guanidine groups is 1. The van der Waals surface area contributed by atoms with E-state index in [1.54, 1.807) is 12.1 Å². The summed E-state index contributed by atoms with van der Waals surface area (Å²) < 4.78 is 6.05. The van der Waals surface area contributed by atoms with Crippen molar-refractivity contribution >= 4 is 5.96 Å². The number of hydrogen-bond acceptors (Lipinski definition) is 3. The van der Waals surface area contributed by atoms with Crippen molar-refractivity contribution in [3.8, 4) is 5.75 Å². The Hall–Kier alpha value is -2.53. The normalized spacial score (nSPS) is 17.6. The molecule has 1 aliphatic heterocycles. The van der Waals surface area contributed by atoms with Gasteiger partial charge in [0, 0.05) is 19.6 Å². The van der Waals surface area contributed by atoms with E-state index in [-0.39, 0.29) is 6.10 Å². The first-order valence-corrected chi connectivity index (χ1v) is 10.2. The number of aromatic hydroxyl groups is 1. The van der Waals surface area contributed by atoms with Crippen LogP contribution < -0.4 is 5.32 Å². The summed E-state index contributed by atoms with van der Waals surface area (Å²) in [7, 11) is 0. The molecule has 5 nitrogen and oxygen atoms in total. The second-order valence-corrected chi connectivity index (χ2v) is 7.17. The van der Waals surface area contributed by atoms with Crippen LogP contribution in [0.3, 0.4) is 0 Å². The van der Waals surface area contributed by atoms with Crippen LogP contribution in [0.2, 0.25) is 0 Å². The molecule has 1 unspecified atom stereocenters. The van der Waals surface area contributed by atoms with Gasteiger partial charge in [0.15, 0.2) is 5.96 Å². The number of nitrogens with one attached hydrogen (secondary N) is 1. The summed E-state index contributed by atoms with van der Waals surface area (Å²) in [4.78, 5) is 7.16. The van der Waals surface area contributed by atoms with Crippen LogP contribution in [0.5, 0.6) is 5.75 Å². The van der Waals surface area contributed by atoms with Crippen molar-refractivity contribution in [3.05, 3.63) is 65.2 Å². The highest BCUT2D eigenvalue weighted by Crippen LogP contribution is 2.25. The predicted octanol–water partition coefficient (Wildman–Crippen LogP) is 3.67. The molecular formula is C23H31N3O2. The van der Waals surface area contributed by atoms with E-state index in [2.05, 4.69) is 48.3 Å².